The van der Waals surface area contributed by atoms with Gasteiger partial charge in [0, 0.05) is 32.2 Å². The predicted octanol–water partition coefficient (Wildman–Crippen LogP) is 2.06. The summed E-state index contributed by atoms with van der Waals surface area (Å²) in [5.41, 5.74) is 0. The van der Waals surface area contributed by atoms with Gasteiger partial charge in [-0.25, -0.2) is 8.42 Å². The highest BCUT2D eigenvalue weighted by Crippen LogP contribution is 2.44. The minimum atomic E-state index is -3.40. The van der Waals surface area contributed by atoms with Crippen molar-refractivity contribution in [2.24, 2.45) is 11.8 Å². The highest BCUT2D eigenvalue weighted by molar-refractivity contribution is 7.89. The molecule has 136 valence electrons. The van der Waals surface area contributed by atoms with Crippen molar-refractivity contribution in [2.45, 2.75) is 36.6 Å². The van der Waals surface area contributed by atoms with Crippen molar-refractivity contribution in [3.63, 3.8) is 0 Å². The van der Waals surface area contributed by atoms with E-state index in [0.29, 0.717) is 37.1 Å². The molecule has 1 aliphatic heterocycles. The van der Waals surface area contributed by atoms with Crippen LogP contribution in [0.4, 0.5) is 0 Å². The first-order valence-corrected chi connectivity index (χ1v) is 11.0. The summed E-state index contributed by atoms with van der Waals surface area (Å²) in [6.07, 6.45) is 5.30. The minimum Gasteiger partial charge on any atom is -0.360 e. The zero-order valence-electron chi connectivity index (χ0n) is 14.3. The Morgan fingerprint density at radius 1 is 1.04 bits per heavy atom. The van der Waals surface area contributed by atoms with Crippen molar-refractivity contribution < 1.29 is 8.42 Å². The van der Waals surface area contributed by atoms with E-state index >= 15 is 0 Å². The van der Waals surface area contributed by atoms with Crippen molar-refractivity contribution >= 4 is 27.4 Å². The van der Waals surface area contributed by atoms with Gasteiger partial charge < -0.3 is 10.2 Å². The van der Waals surface area contributed by atoms with Crippen molar-refractivity contribution in [1.29, 1.82) is 0 Å². The van der Waals surface area contributed by atoms with Gasteiger partial charge in [0.1, 0.15) is 0 Å². The Kier molecular flexibility index (Phi) is 4.73. The quantitative estimate of drug-likeness (QED) is 0.815. The van der Waals surface area contributed by atoms with Gasteiger partial charge in [0.05, 0.1) is 4.90 Å². The smallest absolute Gasteiger partial charge is 0.243 e. The van der Waals surface area contributed by atoms with Gasteiger partial charge in [-0.2, -0.15) is 4.31 Å². The number of nitrogens with zero attached hydrogens (tertiary/aromatic N) is 2. The first-order valence-electron chi connectivity index (χ1n) is 9.14. The van der Waals surface area contributed by atoms with E-state index in [-0.39, 0.29) is 0 Å². The Balaban J connectivity index is 1.33. The van der Waals surface area contributed by atoms with E-state index in [0.717, 1.165) is 16.9 Å². The van der Waals surface area contributed by atoms with Gasteiger partial charge in [-0.1, -0.05) is 24.6 Å². The zero-order chi connectivity index (χ0) is 17.4. The van der Waals surface area contributed by atoms with Gasteiger partial charge in [0.15, 0.2) is 5.11 Å². The molecule has 2 saturated carbocycles. The third-order valence-electron chi connectivity index (χ3n) is 5.95. The molecule has 2 aliphatic carbocycles. The molecule has 3 fully saturated rings. The SMILES string of the molecule is O=S(=O)(c1ccccc1)N1CCN(C(=S)N[C@@H]2C[C@H]3CC[C@@H]2C3)CC1. The summed E-state index contributed by atoms with van der Waals surface area (Å²) in [5.74, 6) is 1.67. The number of benzene rings is 1. The van der Waals surface area contributed by atoms with Crippen molar-refractivity contribution in [3.8, 4) is 0 Å². The van der Waals surface area contributed by atoms with Crippen LogP contribution in [0.15, 0.2) is 35.2 Å². The van der Waals surface area contributed by atoms with E-state index in [1.165, 1.54) is 25.7 Å². The summed E-state index contributed by atoms with van der Waals surface area (Å²) in [4.78, 5) is 2.49. The number of thiocarbonyl (C=S) groups is 1. The fraction of sp³-hybridized carbons (Fsp3) is 0.611. The Morgan fingerprint density at radius 3 is 2.36 bits per heavy atom. The largest absolute Gasteiger partial charge is 0.360 e. The molecule has 0 aromatic heterocycles. The molecule has 0 radical (unpaired) electrons. The number of piperazine rings is 1. The lowest BCUT2D eigenvalue weighted by molar-refractivity contribution is 0.258. The minimum absolute atomic E-state index is 0.367. The van der Waals surface area contributed by atoms with Gasteiger partial charge in [0.25, 0.3) is 0 Å². The molecule has 7 heteroatoms. The lowest BCUT2D eigenvalue weighted by Crippen LogP contribution is -2.54. The Bertz CT molecular complexity index is 730. The zero-order valence-corrected chi connectivity index (χ0v) is 15.9. The number of nitrogens with one attached hydrogen (secondary N) is 1. The highest BCUT2D eigenvalue weighted by Gasteiger charge is 2.40. The van der Waals surface area contributed by atoms with Crippen LogP contribution in [0.1, 0.15) is 25.7 Å². The van der Waals surface area contributed by atoms with Crippen LogP contribution in [0.5, 0.6) is 0 Å². The number of rotatable bonds is 3. The Morgan fingerprint density at radius 2 is 1.76 bits per heavy atom. The molecule has 1 N–H and O–H groups in total. The molecule has 1 saturated heterocycles. The van der Waals surface area contributed by atoms with Crippen molar-refractivity contribution in [2.75, 3.05) is 26.2 Å². The molecule has 4 rings (SSSR count). The van der Waals surface area contributed by atoms with Crippen LogP contribution >= 0.6 is 12.2 Å². The fourth-order valence-corrected chi connectivity index (χ4v) is 6.32. The monoisotopic (exact) mass is 379 g/mol. The van der Waals surface area contributed by atoms with Crippen LogP contribution in [-0.2, 0) is 10.0 Å². The molecule has 3 aliphatic rings. The third kappa shape index (κ3) is 3.41. The second-order valence-electron chi connectivity index (χ2n) is 7.44. The van der Waals surface area contributed by atoms with Crippen LogP contribution in [-0.4, -0.2) is 55.0 Å². The summed E-state index contributed by atoms with van der Waals surface area (Å²) < 4.78 is 26.9. The maximum absolute atomic E-state index is 12.7. The summed E-state index contributed by atoms with van der Waals surface area (Å²) >= 11 is 5.60. The fourth-order valence-electron chi connectivity index (χ4n) is 4.54. The molecular weight excluding hydrogens is 354 g/mol. The van der Waals surface area contributed by atoms with E-state index in [9.17, 15) is 8.42 Å². The first-order chi connectivity index (χ1) is 12.0. The summed E-state index contributed by atoms with van der Waals surface area (Å²) in [5, 5.41) is 4.35. The van der Waals surface area contributed by atoms with Gasteiger partial charge in [0.2, 0.25) is 10.0 Å². The topological polar surface area (TPSA) is 52.7 Å². The number of hydrogen-bond donors (Lipinski definition) is 1. The van der Waals surface area contributed by atoms with Crippen LogP contribution < -0.4 is 5.32 Å². The van der Waals surface area contributed by atoms with E-state index < -0.39 is 10.0 Å². The highest BCUT2D eigenvalue weighted by atomic mass is 32.2. The molecule has 1 heterocycles. The summed E-state index contributed by atoms with van der Waals surface area (Å²) in [6, 6.07) is 9.19. The second-order valence-corrected chi connectivity index (χ2v) is 9.76. The first kappa shape index (κ1) is 17.2. The molecule has 0 unspecified atom stereocenters. The molecule has 1 aromatic carbocycles. The normalized spacial score (nSPS) is 29.8. The van der Waals surface area contributed by atoms with Gasteiger partial charge in [-0.15, -0.1) is 0 Å². The molecule has 25 heavy (non-hydrogen) atoms. The standard InChI is InChI=1S/C18H25N3O2S2/c22-25(23,16-4-2-1-3-5-16)21-10-8-20(9-11-21)18(24)19-17-13-14-6-7-15(17)12-14/h1-5,14-15,17H,6-13H2,(H,19,24)/t14-,15+,17+/m0/s1. The Hall–Kier alpha value is -1.18. The molecule has 1 aromatic rings. The van der Waals surface area contributed by atoms with E-state index in [2.05, 4.69) is 10.2 Å². The van der Waals surface area contributed by atoms with Crippen LogP contribution in [0.3, 0.4) is 0 Å². The number of fused-ring (bicyclic) bond motifs is 2. The second kappa shape index (κ2) is 6.85. The number of sulfonamides is 1. The van der Waals surface area contributed by atoms with Crippen molar-refractivity contribution in [3.05, 3.63) is 30.3 Å². The molecule has 3 atom stereocenters. The van der Waals surface area contributed by atoms with E-state index in [4.69, 9.17) is 12.2 Å². The maximum Gasteiger partial charge on any atom is 0.243 e. The summed E-state index contributed by atoms with van der Waals surface area (Å²) in [6.45, 7) is 2.27. The van der Waals surface area contributed by atoms with E-state index in [1.54, 1.807) is 28.6 Å². The number of hydrogen-bond acceptors (Lipinski definition) is 3. The van der Waals surface area contributed by atoms with E-state index in [1.807, 2.05) is 6.07 Å². The van der Waals surface area contributed by atoms with Crippen molar-refractivity contribution in [1.82, 2.24) is 14.5 Å². The Labute approximate surface area is 155 Å². The van der Waals surface area contributed by atoms with Gasteiger partial charge in [-0.05, 0) is 55.4 Å². The third-order valence-corrected chi connectivity index (χ3v) is 8.24. The lowest BCUT2D eigenvalue weighted by atomic mass is 9.95. The van der Waals surface area contributed by atoms with Crippen LogP contribution in [0.2, 0.25) is 0 Å². The lowest BCUT2D eigenvalue weighted by Gasteiger charge is -2.37. The van der Waals surface area contributed by atoms with Gasteiger partial charge >= 0.3 is 0 Å². The average molecular weight is 380 g/mol. The maximum atomic E-state index is 12.7. The van der Waals surface area contributed by atoms with Gasteiger partial charge in [-0.3, -0.25) is 0 Å². The molecule has 0 spiro atoms. The molecule has 5 nitrogen and oxygen atoms in total. The summed E-state index contributed by atoms with van der Waals surface area (Å²) in [7, 11) is -3.40. The van der Waals surface area contributed by atoms with Crippen LogP contribution in [0, 0.1) is 11.8 Å². The van der Waals surface area contributed by atoms with Crippen LogP contribution in [0.25, 0.3) is 0 Å². The molecule has 2 bridgehead atoms. The molecule has 0 amide bonds. The average Bonchev–Trinajstić information content (AvgIpc) is 3.25. The predicted molar refractivity (Wildman–Crippen MR) is 102 cm³/mol. The molecular formula is C18H25N3O2S2.